The number of nitrogens with zero attached hydrogens (tertiary/aromatic N) is 1. The molecule has 2 amide bonds. The first-order chi connectivity index (χ1) is 14.1. The maximum Gasteiger partial charge on any atom is 0.279 e. The predicted octanol–water partition coefficient (Wildman–Crippen LogP) is 1.71. The molecule has 3 aromatic rings. The number of amides is 2. The number of carbonyl (C=O) groups excluding carboxylic acids is 2. The third kappa shape index (κ3) is 4.32. The van der Waals surface area contributed by atoms with Gasteiger partial charge in [0.2, 0.25) is 0 Å². The Morgan fingerprint density at radius 2 is 1.79 bits per heavy atom. The van der Waals surface area contributed by atoms with Gasteiger partial charge in [-0.15, -0.1) is 0 Å². The molecule has 2 aromatic carbocycles. The van der Waals surface area contributed by atoms with Crippen LogP contribution in [-0.4, -0.2) is 54.4 Å². The van der Waals surface area contributed by atoms with E-state index in [4.69, 9.17) is 0 Å². The number of carbonyl (C=O) groups is 2. The first kappa shape index (κ1) is 19.2. The van der Waals surface area contributed by atoms with Crippen LogP contribution >= 0.6 is 0 Å². The van der Waals surface area contributed by atoms with Crippen LogP contribution in [0.2, 0.25) is 0 Å². The fourth-order valence-electron chi connectivity index (χ4n) is 3.93. The molecule has 150 valence electrons. The number of H-pyrrole nitrogens is 1. The molecule has 0 unspecified atom stereocenters. The van der Waals surface area contributed by atoms with E-state index in [2.05, 4.69) is 17.2 Å². The predicted molar refractivity (Wildman–Crippen MR) is 114 cm³/mol. The average Bonchev–Trinajstić information content (AvgIpc) is 3.18. The Labute approximate surface area is 170 Å². The standard InChI is InChI=1S/C23H26N4O2/c1-2-17-7-3-5-9-19(17)25-22(28)16-26-11-13-27(14-12-26)23(29)21-15-18-8-4-6-10-20(18)24-21/h3-10,15,24H,2,11-14,16H2,1H3,(H,25,28)/p+1. The third-order valence-electron chi connectivity index (χ3n) is 5.60. The Bertz CT molecular complexity index is 985. The van der Waals surface area contributed by atoms with E-state index in [0.717, 1.165) is 41.7 Å². The number of rotatable bonds is 5. The van der Waals surface area contributed by atoms with Crippen molar-refractivity contribution in [2.45, 2.75) is 13.3 Å². The van der Waals surface area contributed by atoms with Gasteiger partial charge >= 0.3 is 0 Å². The van der Waals surface area contributed by atoms with Crippen molar-refractivity contribution in [2.24, 2.45) is 0 Å². The van der Waals surface area contributed by atoms with Crippen molar-refractivity contribution in [2.75, 3.05) is 38.0 Å². The molecule has 2 heterocycles. The lowest BCUT2D eigenvalue weighted by Gasteiger charge is -2.31. The van der Waals surface area contributed by atoms with Crippen molar-refractivity contribution < 1.29 is 14.5 Å². The zero-order valence-corrected chi connectivity index (χ0v) is 16.7. The second-order valence-electron chi connectivity index (χ2n) is 7.55. The SMILES string of the molecule is CCc1ccccc1NC(=O)C[NH+]1CCN(C(=O)c2cc3ccccc3[nH]2)CC1. The highest BCUT2D eigenvalue weighted by atomic mass is 16.2. The van der Waals surface area contributed by atoms with Gasteiger partial charge in [0.05, 0.1) is 26.2 Å². The number of fused-ring (bicyclic) bond motifs is 1. The van der Waals surface area contributed by atoms with Crippen molar-refractivity contribution >= 4 is 28.4 Å². The molecule has 0 bridgehead atoms. The van der Waals surface area contributed by atoms with E-state index in [1.165, 1.54) is 4.90 Å². The fourth-order valence-corrected chi connectivity index (χ4v) is 3.93. The molecule has 4 rings (SSSR count). The van der Waals surface area contributed by atoms with Gasteiger partial charge in [-0.3, -0.25) is 9.59 Å². The molecule has 3 N–H and O–H groups in total. The Kier molecular flexibility index (Phi) is 5.62. The number of para-hydroxylation sites is 2. The van der Waals surface area contributed by atoms with Gasteiger partial charge in [-0.2, -0.15) is 0 Å². The van der Waals surface area contributed by atoms with Gasteiger partial charge in [0.25, 0.3) is 11.8 Å². The topological polar surface area (TPSA) is 69.6 Å². The second kappa shape index (κ2) is 8.49. The summed E-state index contributed by atoms with van der Waals surface area (Å²) in [6.07, 6.45) is 0.887. The van der Waals surface area contributed by atoms with Crippen LogP contribution in [0, 0.1) is 0 Å². The number of aromatic nitrogens is 1. The average molecular weight is 391 g/mol. The Morgan fingerprint density at radius 1 is 1.07 bits per heavy atom. The summed E-state index contributed by atoms with van der Waals surface area (Å²) in [5.74, 6) is 0.0536. The van der Waals surface area contributed by atoms with Crippen molar-refractivity contribution in [1.29, 1.82) is 0 Å². The molecule has 1 aliphatic rings. The first-order valence-electron chi connectivity index (χ1n) is 10.2. The summed E-state index contributed by atoms with van der Waals surface area (Å²) in [5, 5.41) is 4.08. The summed E-state index contributed by atoms with van der Waals surface area (Å²) in [4.78, 5) is 31.6. The van der Waals surface area contributed by atoms with Crippen LogP contribution < -0.4 is 10.2 Å². The number of nitrogens with one attached hydrogen (secondary N) is 3. The summed E-state index contributed by atoms with van der Waals surface area (Å²) in [7, 11) is 0. The molecule has 0 radical (unpaired) electrons. The maximum absolute atomic E-state index is 12.8. The van der Waals surface area contributed by atoms with Gasteiger partial charge in [0, 0.05) is 16.6 Å². The van der Waals surface area contributed by atoms with Crippen LogP contribution in [0.25, 0.3) is 10.9 Å². The molecule has 0 atom stereocenters. The van der Waals surface area contributed by atoms with E-state index in [0.29, 0.717) is 25.3 Å². The van der Waals surface area contributed by atoms with Crippen molar-refractivity contribution in [1.82, 2.24) is 9.88 Å². The van der Waals surface area contributed by atoms with E-state index in [1.807, 2.05) is 59.5 Å². The monoisotopic (exact) mass is 391 g/mol. The largest absolute Gasteiger partial charge is 0.351 e. The molecule has 6 heteroatoms. The van der Waals surface area contributed by atoms with Crippen molar-refractivity contribution in [3.63, 3.8) is 0 Å². The summed E-state index contributed by atoms with van der Waals surface area (Å²) < 4.78 is 0. The van der Waals surface area contributed by atoms with Crippen LogP contribution in [0.15, 0.2) is 54.6 Å². The molecule has 1 aliphatic heterocycles. The highest BCUT2D eigenvalue weighted by Crippen LogP contribution is 2.16. The zero-order valence-electron chi connectivity index (χ0n) is 16.7. The summed E-state index contributed by atoms with van der Waals surface area (Å²) in [6.45, 7) is 5.36. The van der Waals surface area contributed by atoms with Crippen LogP contribution in [0.5, 0.6) is 0 Å². The second-order valence-corrected chi connectivity index (χ2v) is 7.55. The normalized spacial score (nSPS) is 14.9. The van der Waals surface area contributed by atoms with E-state index < -0.39 is 0 Å². The quantitative estimate of drug-likeness (QED) is 0.620. The lowest BCUT2D eigenvalue weighted by atomic mass is 10.1. The Balaban J connectivity index is 1.31. The Morgan fingerprint density at radius 3 is 2.55 bits per heavy atom. The number of benzene rings is 2. The van der Waals surface area contributed by atoms with Gasteiger partial charge in [-0.1, -0.05) is 43.3 Å². The number of aromatic amines is 1. The van der Waals surface area contributed by atoms with Crippen LogP contribution in [0.1, 0.15) is 23.0 Å². The van der Waals surface area contributed by atoms with Gasteiger partial charge in [0.15, 0.2) is 6.54 Å². The minimum atomic E-state index is 0.0243. The maximum atomic E-state index is 12.8. The smallest absolute Gasteiger partial charge is 0.279 e. The molecular formula is C23H27N4O2+. The number of hydrogen-bond donors (Lipinski definition) is 3. The van der Waals surface area contributed by atoms with E-state index in [1.54, 1.807) is 0 Å². The van der Waals surface area contributed by atoms with E-state index in [-0.39, 0.29) is 11.8 Å². The lowest BCUT2D eigenvalue weighted by molar-refractivity contribution is -0.895. The summed E-state index contributed by atoms with van der Waals surface area (Å²) in [5.41, 5.74) is 3.64. The minimum Gasteiger partial charge on any atom is -0.351 e. The lowest BCUT2D eigenvalue weighted by Crippen LogP contribution is -3.15. The highest BCUT2D eigenvalue weighted by molar-refractivity contribution is 5.98. The molecule has 0 aliphatic carbocycles. The van der Waals surface area contributed by atoms with Crippen LogP contribution in [-0.2, 0) is 11.2 Å². The molecule has 0 spiro atoms. The summed E-state index contributed by atoms with van der Waals surface area (Å²) in [6, 6.07) is 17.7. The summed E-state index contributed by atoms with van der Waals surface area (Å²) >= 11 is 0. The molecule has 6 nitrogen and oxygen atoms in total. The highest BCUT2D eigenvalue weighted by Gasteiger charge is 2.26. The van der Waals surface area contributed by atoms with Crippen molar-refractivity contribution in [3.8, 4) is 0 Å². The fraction of sp³-hybridized carbons (Fsp3) is 0.304. The minimum absolute atomic E-state index is 0.0243. The van der Waals surface area contributed by atoms with Crippen LogP contribution in [0.4, 0.5) is 5.69 Å². The number of anilines is 1. The van der Waals surface area contributed by atoms with Gasteiger partial charge in [-0.25, -0.2) is 0 Å². The zero-order chi connectivity index (χ0) is 20.2. The van der Waals surface area contributed by atoms with Crippen molar-refractivity contribution in [3.05, 3.63) is 65.9 Å². The number of quaternary nitrogens is 1. The van der Waals surface area contributed by atoms with Crippen LogP contribution in [0.3, 0.4) is 0 Å². The molecule has 29 heavy (non-hydrogen) atoms. The molecule has 1 fully saturated rings. The number of aryl methyl sites for hydroxylation is 1. The molecule has 1 aromatic heterocycles. The molecule has 0 saturated carbocycles. The first-order valence-corrected chi connectivity index (χ1v) is 10.2. The molecular weight excluding hydrogens is 364 g/mol. The van der Waals surface area contributed by atoms with Gasteiger partial charge < -0.3 is 20.1 Å². The third-order valence-corrected chi connectivity index (χ3v) is 5.60. The van der Waals surface area contributed by atoms with E-state index in [9.17, 15) is 9.59 Å². The number of piperazine rings is 1. The van der Waals surface area contributed by atoms with Gasteiger partial charge in [0.1, 0.15) is 5.69 Å². The Hall–Kier alpha value is -3.12. The number of hydrogen-bond acceptors (Lipinski definition) is 2. The van der Waals surface area contributed by atoms with Gasteiger partial charge in [-0.05, 0) is 30.2 Å². The molecule has 1 saturated heterocycles. The van der Waals surface area contributed by atoms with E-state index >= 15 is 0 Å².